The van der Waals surface area contributed by atoms with Crippen molar-refractivity contribution < 1.29 is 28.8 Å². The van der Waals surface area contributed by atoms with Crippen LogP contribution in [0.2, 0.25) is 0 Å². The van der Waals surface area contributed by atoms with Gasteiger partial charge in [0.1, 0.15) is 0 Å². The van der Waals surface area contributed by atoms with Crippen LogP contribution in [0.3, 0.4) is 0 Å². The van der Waals surface area contributed by atoms with Gasteiger partial charge in [-0.2, -0.15) is 0 Å². The van der Waals surface area contributed by atoms with Crippen molar-refractivity contribution in [3.05, 3.63) is 0 Å². The number of rotatable bonds is 13. The van der Waals surface area contributed by atoms with E-state index in [1.807, 2.05) is 0 Å². The van der Waals surface area contributed by atoms with E-state index in [1.165, 1.54) is 8.97 Å². The van der Waals surface area contributed by atoms with Crippen LogP contribution < -0.4 is 10.2 Å². The second kappa shape index (κ2) is 18.2. The molecule has 0 aromatic rings. The summed E-state index contributed by atoms with van der Waals surface area (Å²) in [5.74, 6) is -2.28. The smallest absolute Gasteiger partial charge is 0.0839 e. The van der Waals surface area contributed by atoms with Gasteiger partial charge in [-0.05, 0) is 136 Å². The van der Waals surface area contributed by atoms with Crippen molar-refractivity contribution in [1.82, 2.24) is 0 Å². The third kappa shape index (κ3) is 11.5. The second-order valence-corrected chi connectivity index (χ2v) is 12.5. The van der Waals surface area contributed by atoms with Crippen LogP contribution in [0.15, 0.2) is 0 Å². The predicted molar refractivity (Wildman–Crippen MR) is 150 cm³/mol. The number of quaternary nitrogens is 2. The Balaban J connectivity index is -0.000000459. The largest absolute Gasteiger partial charge is 0.550 e. The summed E-state index contributed by atoms with van der Waals surface area (Å²) >= 11 is 0. The Morgan fingerprint density at radius 2 is 0.556 bits per heavy atom. The first-order valence-corrected chi connectivity index (χ1v) is 14.3. The molecule has 6 nitrogen and oxygen atoms in total. The minimum atomic E-state index is -1.14. The summed E-state index contributed by atoms with van der Waals surface area (Å²) in [5.41, 5.74) is 0. The van der Waals surface area contributed by atoms with E-state index >= 15 is 0 Å². The molecule has 0 unspecified atom stereocenters. The molecule has 36 heavy (non-hydrogen) atoms. The van der Waals surface area contributed by atoms with E-state index in [9.17, 15) is 19.8 Å². The van der Waals surface area contributed by atoms with Crippen molar-refractivity contribution in [2.45, 2.75) is 185 Å². The molecule has 0 heterocycles. The number of nitrogens with zero attached hydrogens (tertiary/aromatic N) is 2. The molecule has 0 aliphatic carbocycles. The normalized spacial score (nSPS) is 12.6. The number of carboxylic acids is 2. The summed E-state index contributed by atoms with van der Waals surface area (Å²) in [6.45, 7) is 37.6. The maximum absolute atomic E-state index is 9.77. The Labute approximate surface area is 225 Å². The fraction of sp³-hybridized carbons (Fsp3) is 0.933. The first-order valence-electron chi connectivity index (χ1n) is 14.3. The number of unbranched alkanes of at least 4 members (excludes halogenated alkanes) is 1. The zero-order valence-corrected chi connectivity index (χ0v) is 27.0. The number of aliphatic carboxylic acids is 2. The van der Waals surface area contributed by atoms with Gasteiger partial charge in [0.15, 0.2) is 0 Å². The zero-order chi connectivity index (χ0) is 29.6. The van der Waals surface area contributed by atoms with Crippen molar-refractivity contribution in [3.8, 4) is 0 Å². The van der Waals surface area contributed by atoms with Gasteiger partial charge in [-0.15, -0.1) is 0 Å². The highest BCUT2D eigenvalue weighted by Crippen LogP contribution is 2.29. The van der Waals surface area contributed by atoms with Gasteiger partial charge >= 0.3 is 0 Å². The molecular weight excluding hydrogens is 452 g/mol. The summed E-state index contributed by atoms with van der Waals surface area (Å²) in [5, 5.41) is 19.5. The van der Waals surface area contributed by atoms with Crippen LogP contribution in [0.5, 0.6) is 0 Å². The SMILES string of the molecule is CC(C)[N+](C(C)C)(C(C)C)C(C)C.CC(C)[N+](C(C)C)(C(C)C)C(C)C.O=C([O-])CCCCC(=O)[O-]. The highest BCUT2D eigenvalue weighted by atomic mass is 16.4. The predicted octanol–water partition coefficient (Wildman–Crippen LogP) is 4.92. The highest BCUT2D eigenvalue weighted by molar-refractivity contribution is 5.65. The number of hydrogen-bond donors (Lipinski definition) is 0. The van der Waals surface area contributed by atoms with E-state index in [0.717, 1.165) is 0 Å². The van der Waals surface area contributed by atoms with Crippen LogP contribution in [0.4, 0.5) is 0 Å². The third-order valence-electron chi connectivity index (χ3n) is 8.17. The van der Waals surface area contributed by atoms with Crippen molar-refractivity contribution >= 4 is 11.9 Å². The minimum Gasteiger partial charge on any atom is -0.550 e. The summed E-state index contributed by atoms with van der Waals surface area (Å²) in [6, 6.07) is 5.67. The molecule has 0 spiro atoms. The van der Waals surface area contributed by atoms with Crippen LogP contribution in [0.1, 0.15) is 136 Å². The van der Waals surface area contributed by atoms with Gasteiger partial charge in [0.2, 0.25) is 0 Å². The average Bonchev–Trinajstić information content (AvgIpc) is 2.64. The van der Waals surface area contributed by atoms with Crippen LogP contribution in [0.25, 0.3) is 0 Å². The molecule has 0 radical (unpaired) electrons. The highest BCUT2D eigenvalue weighted by Gasteiger charge is 2.41. The zero-order valence-electron chi connectivity index (χ0n) is 27.0. The number of hydrogen-bond acceptors (Lipinski definition) is 4. The molecule has 0 aromatic heterocycles. The van der Waals surface area contributed by atoms with Gasteiger partial charge in [0.05, 0.1) is 48.3 Å². The van der Waals surface area contributed by atoms with Crippen LogP contribution in [-0.4, -0.2) is 69.2 Å². The maximum Gasteiger partial charge on any atom is 0.0839 e. The Hall–Kier alpha value is -1.14. The third-order valence-corrected chi connectivity index (χ3v) is 8.17. The molecule has 0 amide bonds. The molecule has 0 saturated carbocycles. The Morgan fingerprint density at radius 3 is 0.611 bits per heavy atom. The number of carboxylic acid groups (broad SMARTS) is 2. The summed E-state index contributed by atoms with van der Waals surface area (Å²) < 4.78 is 2.44. The van der Waals surface area contributed by atoms with Crippen LogP contribution in [-0.2, 0) is 9.59 Å². The van der Waals surface area contributed by atoms with E-state index < -0.39 is 11.9 Å². The van der Waals surface area contributed by atoms with Crippen molar-refractivity contribution in [2.75, 3.05) is 0 Å². The van der Waals surface area contributed by atoms with E-state index in [0.29, 0.717) is 61.2 Å². The van der Waals surface area contributed by atoms with Crippen molar-refractivity contribution in [3.63, 3.8) is 0 Å². The quantitative estimate of drug-likeness (QED) is 0.257. The fourth-order valence-corrected chi connectivity index (χ4v) is 7.69. The number of carbonyl (C=O) groups excluding carboxylic acids is 2. The molecule has 0 saturated heterocycles. The Kier molecular flexibility index (Phi) is 19.9. The standard InChI is InChI=1S/2C12H28N.C6H10O4/c2*1-9(2)13(10(3)4,11(5)6)12(7)8;7-5(8)3-1-2-4-6(9)10/h2*9-12H,1-8H3;1-4H2,(H,7,8)(H,9,10)/q2*+1;/p-2. The molecule has 0 rings (SSSR count). The lowest BCUT2D eigenvalue weighted by Gasteiger charge is -2.52. The van der Waals surface area contributed by atoms with Crippen LogP contribution in [0, 0.1) is 0 Å². The maximum atomic E-state index is 9.77. The first kappa shape index (κ1) is 39.4. The molecule has 218 valence electrons. The second-order valence-electron chi connectivity index (χ2n) is 12.5. The minimum absolute atomic E-state index is 0.0761. The molecule has 0 N–H and O–H groups in total. The summed E-state index contributed by atoms with van der Waals surface area (Å²) in [4.78, 5) is 19.5. The monoisotopic (exact) mass is 516 g/mol. The first-order chi connectivity index (χ1) is 16.2. The molecule has 0 aliphatic heterocycles. The van der Waals surface area contributed by atoms with E-state index in [1.54, 1.807) is 0 Å². The summed E-state index contributed by atoms with van der Waals surface area (Å²) in [6.07, 6.45) is 0.535. The van der Waals surface area contributed by atoms with Gasteiger partial charge in [-0.3, -0.25) is 0 Å². The van der Waals surface area contributed by atoms with Crippen molar-refractivity contribution in [2.24, 2.45) is 0 Å². The molecular formula is C30H64N2O4. The van der Waals surface area contributed by atoms with Gasteiger partial charge in [0, 0.05) is 11.9 Å². The van der Waals surface area contributed by atoms with Gasteiger partial charge in [-0.1, -0.05) is 0 Å². The molecule has 0 fully saturated rings. The summed E-state index contributed by atoms with van der Waals surface area (Å²) in [7, 11) is 0. The van der Waals surface area contributed by atoms with Gasteiger partial charge in [-0.25, -0.2) is 0 Å². The number of carbonyl (C=O) groups is 2. The van der Waals surface area contributed by atoms with Gasteiger partial charge < -0.3 is 28.8 Å². The molecule has 0 aliphatic rings. The van der Waals surface area contributed by atoms with E-state index in [4.69, 9.17) is 0 Å². The lowest BCUT2D eigenvalue weighted by atomic mass is 10.0. The molecule has 0 aromatic carbocycles. The molecule has 0 atom stereocenters. The van der Waals surface area contributed by atoms with Gasteiger partial charge in [0.25, 0.3) is 0 Å². The molecule has 6 heteroatoms. The lowest BCUT2D eigenvalue weighted by Crippen LogP contribution is -2.65. The fourth-order valence-electron chi connectivity index (χ4n) is 7.69. The Bertz CT molecular complexity index is 467. The topological polar surface area (TPSA) is 80.3 Å². The Morgan fingerprint density at radius 1 is 0.417 bits per heavy atom. The lowest BCUT2D eigenvalue weighted by molar-refractivity contribution is -1.00. The van der Waals surface area contributed by atoms with Crippen molar-refractivity contribution in [1.29, 1.82) is 0 Å². The van der Waals surface area contributed by atoms with E-state index in [-0.39, 0.29) is 12.8 Å². The molecule has 0 bridgehead atoms. The average molecular weight is 517 g/mol. The van der Waals surface area contributed by atoms with E-state index in [2.05, 4.69) is 111 Å². The van der Waals surface area contributed by atoms with Crippen LogP contribution >= 0.6 is 0 Å².